The van der Waals surface area contributed by atoms with E-state index in [4.69, 9.17) is 4.42 Å². The van der Waals surface area contributed by atoms with Crippen molar-refractivity contribution in [2.45, 2.75) is 13.3 Å². The number of hydrogen-bond acceptors (Lipinski definition) is 5. The zero-order valence-electron chi connectivity index (χ0n) is 13.5. The molecule has 8 heteroatoms. The summed E-state index contributed by atoms with van der Waals surface area (Å²) in [5.41, 5.74) is 2.08. The summed E-state index contributed by atoms with van der Waals surface area (Å²) >= 11 is 0. The molecule has 0 bridgehead atoms. The number of carbonyl (C=O) groups is 2. The first-order valence-electron chi connectivity index (χ1n) is 7.93. The predicted molar refractivity (Wildman–Crippen MR) is 88.9 cm³/mol. The van der Waals surface area contributed by atoms with E-state index in [0.717, 1.165) is 5.69 Å². The van der Waals surface area contributed by atoms with Gasteiger partial charge in [-0.05, 0) is 12.1 Å². The Kier molecular flexibility index (Phi) is 4.54. The van der Waals surface area contributed by atoms with Crippen LogP contribution in [0, 0.1) is 0 Å². The van der Waals surface area contributed by atoms with E-state index in [-0.39, 0.29) is 11.8 Å². The Bertz CT molecular complexity index is 802. The number of oxazole rings is 1. The first-order chi connectivity index (χ1) is 11.5. The monoisotopic (exact) mass is 332 g/mol. The number of aromatic nitrogens is 1. The van der Waals surface area contributed by atoms with Gasteiger partial charge in [-0.15, -0.1) is 0 Å². The van der Waals surface area contributed by atoms with Crippen LogP contribution in [0.3, 0.4) is 0 Å². The number of aromatic amines is 1. The summed E-state index contributed by atoms with van der Waals surface area (Å²) in [6.07, 6.45) is 0.307. The molecule has 2 aromatic rings. The molecule has 3 rings (SSSR count). The molecule has 0 radical (unpaired) electrons. The van der Waals surface area contributed by atoms with Gasteiger partial charge in [0.2, 0.25) is 11.8 Å². The Labute approximate surface area is 138 Å². The molecule has 0 atom stereocenters. The number of benzene rings is 1. The first-order valence-corrected chi connectivity index (χ1v) is 7.93. The maximum Gasteiger partial charge on any atom is 0.417 e. The maximum atomic E-state index is 12.1. The molecule has 1 saturated heterocycles. The zero-order valence-corrected chi connectivity index (χ0v) is 13.5. The lowest BCUT2D eigenvalue weighted by molar-refractivity contribution is -0.131. The molecule has 0 unspecified atom stereocenters. The molecule has 1 fully saturated rings. The van der Waals surface area contributed by atoms with Gasteiger partial charge in [0.05, 0.1) is 11.2 Å². The van der Waals surface area contributed by atoms with Crippen molar-refractivity contribution in [1.29, 1.82) is 0 Å². The molecule has 8 nitrogen and oxygen atoms in total. The summed E-state index contributed by atoms with van der Waals surface area (Å²) < 4.78 is 5.23. The number of amides is 2. The summed E-state index contributed by atoms with van der Waals surface area (Å²) in [5.74, 6) is -0.562. The van der Waals surface area contributed by atoms with Gasteiger partial charge in [-0.1, -0.05) is 6.07 Å². The highest BCUT2D eigenvalue weighted by Gasteiger charge is 2.23. The Balaban J connectivity index is 1.61. The standard InChI is InChI=1S/C16H20N4O4/c1-11(21)17-6-5-14(22)20-9-7-19(8-10-20)13-4-2-3-12-15(13)24-16(23)18-12/h2-4H,5-10H2,1H3,(H,17,21)(H,18,23). The topological polar surface area (TPSA) is 98.6 Å². The van der Waals surface area contributed by atoms with Crippen LogP contribution in [0.2, 0.25) is 0 Å². The van der Waals surface area contributed by atoms with Crippen molar-refractivity contribution in [1.82, 2.24) is 15.2 Å². The lowest BCUT2D eigenvalue weighted by Crippen LogP contribution is -2.49. The zero-order chi connectivity index (χ0) is 17.1. The van der Waals surface area contributed by atoms with Gasteiger partial charge in [0, 0.05) is 46.1 Å². The molecule has 0 aliphatic carbocycles. The van der Waals surface area contributed by atoms with Crippen LogP contribution in [0.5, 0.6) is 0 Å². The van der Waals surface area contributed by atoms with Crippen molar-refractivity contribution in [3.8, 4) is 0 Å². The van der Waals surface area contributed by atoms with Crippen LogP contribution < -0.4 is 16.0 Å². The van der Waals surface area contributed by atoms with E-state index in [1.165, 1.54) is 6.92 Å². The smallest absolute Gasteiger partial charge is 0.406 e. The fourth-order valence-corrected chi connectivity index (χ4v) is 2.91. The number of nitrogens with one attached hydrogen (secondary N) is 2. The predicted octanol–water partition coefficient (Wildman–Crippen LogP) is 0.296. The normalized spacial score (nSPS) is 14.9. The lowest BCUT2D eigenvalue weighted by atomic mass is 10.2. The van der Waals surface area contributed by atoms with Crippen molar-refractivity contribution in [2.24, 2.45) is 0 Å². The molecule has 1 aliphatic heterocycles. The number of anilines is 1. The number of hydrogen-bond donors (Lipinski definition) is 2. The highest BCUT2D eigenvalue weighted by Crippen LogP contribution is 2.25. The second-order valence-corrected chi connectivity index (χ2v) is 5.77. The van der Waals surface area contributed by atoms with E-state index < -0.39 is 5.76 Å². The van der Waals surface area contributed by atoms with E-state index in [0.29, 0.717) is 50.2 Å². The SMILES string of the molecule is CC(=O)NCCC(=O)N1CCN(c2cccc3[nH]c(=O)oc23)CC1. The summed E-state index contributed by atoms with van der Waals surface area (Å²) in [6, 6.07) is 5.58. The number of para-hydroxylation sites is 1. The Hall–Kier alpha value is -2.77. The van der Waals surface area contributed by atoms with Gasteiger partial charge in [-0.2, -0.15) is 0 Å². The van der Waals surface area contributed by atoms with Crippen molar-refractivity contribution in [3.05, 3.63) is 28.7 Å². The maximum absolute atomic E-state index is 12.1. The fourth-order valence-electron chi connectivity index (χ4n) is 2.91. The van der Waals surface area contributed by atoms with E-state index in [1.54, 1.807) is 11.0 Å². The van der Waals surface area contributed by atoms with Crippen LogP contribution in [0.15, 0.2) is 27.4 Å². The first kappa shape index (κ1) is 16.1. The molecule has 1 aliphatic rings. The molecular weight excluding hydrogens is 312 g/mol. The average molecular weight is 332 g/mol. The molecule has 0 spiro atoms. The fraction of sp³-hybridized carbons (Fsp3) is 0.438. The number of carbonyl (C=O) groups excluding carboxylic acids is 2. The molecule has 0 saturated carbocycles. The van der Waals surface area contributed by atoms with Crippen LogP contribution in [0.1, 0.15) is 13.3 Å². The second kappa shape index (κ2) is 6.77. The van der Waals surface area contributed by atoms with Gasteiger partial charge in [-0.25, -0.2) is 4.79 Å². The van der Waals surface area contributed by atoms with Crippen LogP contribution >= 0.6 is 0 Å². The van der Waals surface area contributed by atoms with Crippen LogP contribution in [-0.4, -0.2) is 54.4 Å². The summed E-state index contributed by atoms with van der Waals surface area (Å²) in [4.78, 5) is 40.9. The van der Waals surface area contributed by atoms with Crippen molar-refractivity contribution < 1.29 is 14.0 Å². The van der Waals surface area contributed by atoms with Gasteiger partial charge in [0.25, 0.3) is 0 Å². The van der Waals surface area contributed by atoms with Gasteiger partial charge in [0.15, 0.2) is 5.58 Å². The van der Waals surface area contributed by atoms with Gasteiger partial charge in [0.1, 0.15) is 0 Å². The Morgan fingerprint density at radius 2 is 2.00 bits per heavy atom. The lowest BCUT2D eigenvalue weighted by Gasteiger charge is -2.36. The van der Waals surface area contributed by atoms with Crippen molar-refractivity contribution in [3.63, 3.8) is 0 Å². The Morgan fingerprint density at radius 3 is 2.71 bits per heavy atom. The quantitative estimate of drug-likeness (QED) is 0.839. The molecular formula is C16H20N4O4. The molecule has 2 N–H and O–H groups in total. The minimum absolute atomic E-state index is 0.0368. The number of nitrogens with zero attached hydrogens (tertiary/aromatic N) is 2. The van der Waals surface area contributed by atoms with E-state index in [1.807, 2.05) is 12.1 Å². The third-order valence-electron chi connectivity index (χ3n) is 4.11. The minimum Gasteiger partial charge on any atom is -0.406 e. The summed E-state index contributed by atoms with van der Waals surface area (Å²) in [6.45, 7) is 4.33. The Morgan fingerprint density at radius 1 is 1.25 bits per heavy atom. The molecule has 1 aromatic carbocycles. The highest BCUT2D eigenvalue weighted by molar-refractivity contribution is 5.86. The molecule has 2 amide bonds. The summed E-state index contributed by atoms with van der Waals surface area (Å²) in [7, 11) is 0. The number of H-pyrrole nitrogens is 1. The van der Waals surface area contributed by atoms with Crippen LogP contribution in [0.4, 0.5) is 5.69 Å². The average Bonchev–Trinajstić information content (AvgIpc) is 2.94. The number of piperazine rings is 1. The second-order valence-electron chi connectivity index (χ2n) is 5.77. The number of fused-ring (bicyclic) bond motifs is 1. The summed E-state index contributed by atoms with van der Waals surface area (Å²) in [5, 5.41) is 2.63. The van der Waals surface area contributed by atoms with E-state index in [9.17, 15) is 14.4 Å². The number of rotatable bonds is 4. The van der Waals surface area contributed by atoms with Crippen molar-refractivity contribution >= 4 is 28.6 Å². The largest absolute Gasteiger partial charge is 0.417 e. The molecule has 128 valence electrons. The highest BCUT2D eigenvalue weighted by atomic mass is 16.4. The molecule has 2 heterocycles. The van der Waals surface area contributed by atoms with Crippen molar-refractivity contribution in [2.75, 3.05) is 37.6 Å². The third-order valence-corrected chi connectivity index (χ3v) is 4.11. The van der Waals surface area contributed by atoms with Gasteiger partial charge < -0.3 is 19.5 Å². The van der Waals surface area contributed by atoms with E-state index >= 15 is 0 Å². The van der Waals surface area contributed by atoms with Crippen LogP contribution in [0.25, 0.3) is 11.1 Å². The molecule has 24 heavy (non-hydrogen) atoms. The van der Waals surface area contributed by atoms with Gasteiger partial charge >= 0.3 is 5.76 Å². The van der Waals surface area contributed by atoms with E-state index in [2.05, 4.69) is 15.2 Å². The minimum atomic E-state index is -0.468. The van der Waals surface area contributed by atoms with Gasteiger partial charge in [-0.3, -0.25) is 14.6 Å². The third kappa shape index (κ3) is 3.42. The van der Waals surface area contributed by atoms with Crippen LogP contribution in [-0.2, 0) is 9.59 Å². The molecule has 1 aromatic heterocycles.